The number of halogens is 5. The van der Waals surface area contributed by atoms with Crippen molar-refractivity contribution in [1.82, 2.24) is 4.98 Å². The van der Waals surface area contributed by atoms with Crippen LogP contribution in [0.15, 0.2) is 34.5 Å². The zero-order valence-corrected chi connectivity index (χ0v) is 19.0. The molecule has 1 saturated heterocycles. The highest BCUT2D eigenvalue weighted by molar-refractivity contribution is 7.92. The largest absolute Gasteiger partial charge is 0.348 e. The summed E-state index contributed by atoms with van der Waals surface area (Å²) in [7, 11) is -4.77. The van der Waals surface area contributed by atoms with Crippen molar-refractivity contribution in [3.8, 4) is 0 Å². The molecule has 0 saturated carbocycles. The number of thiazole rings is 1. The lowest BCUT2D eigenvalue weighted by Gasteiger charge is -2.31. The van der Waals surface area contributed by atoms with Crippen molar-refractivity contribution in [2.24, 2.45) is 0 Å². The standard InChI is InChI=1S/C22H19F5N2O2S2/c1-12-4-2-3-5-13(12)10-14-11-32-22(28-14)29-8-6-15(7-9-29)33(30,31)21-19(26)17(24)16(23)18(25)20(21)27/h2-5,11,15H,6-10H2,1H3. The summed E-state index contributed by atoms with van der Waals surface area (Å²) in [5.74, 6) is -11.6. The first-order valence-electron chi connectivity index (χ1n) is 10.1. The van der Waals surface area contributed by atoms with E-state index < -0.39 is 49.1 Å². The number of rotatable bonds is 5. The minimum Gasteiger partial charge on any atom is -0.348 e. The summed E-state index contributed by atoms with van der Waals surface area (Å²) in [6, 6.07) is 7.93. The highest BCUT2D eigenvalue weighted by atomic mass is 32.2. The number of hydrogen-bond donors (Lipinski definition) is 0. The van der Waals surface area contributed by atoms with E-state index in [0.717, 1.165) is 16.8 Å². The van der Waals surface area contributed by atoms with Gasteiger partial charge in [0.1, 0.15) is 4.90 Å². The maximum atomic E-state index is 14.1. The first-order chi connectivity index (χ1) is 15.6. The van der Waals surface area contributed by atoms with Gasteiger partial charge in [-0.3, -0.25) is 0 Å². The highest BCUT2D eigenvalue weighted by Gasteiger charge is 2.39. The fraction of sp³-hybridized carbons (Fsp3) is 0.318. The third-order valence-corrected chi connectivity index (χ3v) is 9.00. The van der Waals surface area contributed by atoms with Gasteiger partial charge < -0.3 is 4.90 Å². The molecule has 4 rings (SSSR count). The SMILES string of the molecule is Cc1ccccc1Cc1csc(N2CCC(S(=O)(=O)c3c(F)c(F)c(F)c(F)c3F)CC2)n1. The summed E-state index contributed by atoms with van der Waals surface area (Å²) >= 11 is 1.40. The quantitative estimate of drug-likeness (QED) is 0.209. The molecule has 33 heavy (non-hydrogen) atoms. The van der Waals surface area contributed by atoms with E-state index in [4.69, 9.17) is 0 Å². The van der Waals surface area contributed by atoms with E-state index in [1.54, 1.807) is 0 Å². The predicted octanol–water partition coefficient (Wildman–Crippen LogP) is 5.18. The van der Waals surface area contributed by atoms with Crippen molar-refractivity contribution in [3.05, 3.63) is 75.6 Å². The second kappa shape index (κ2) is 9.02. The highest BCUT2D eigenvalue weighted by Crippen LogP contribution is 2.34. The lowest BCUT2D eigenvalue weighted by molar-refractivity contribution is 0.356. The molecule has 0 aliphatic carbocycles. The number of anilines is 1. The molecule has 2 heterocycles. The minimum absolute atomic E-state index is 0.0332. The van der Waals surface area contributed by atoms with Crippen LogP contribution in [0.5, 0.6) is 0 Å². The molecule has 0 unspecified atom stereocenters. The number of piperidine rings is 1. The van der Waals surface area contributed by atoms with Crippen LogP contribution in [-0.2, 0) is 16.3 Å². The van der Waals surface area contributed by atoms with E-state index in [-0.39, 0.29) is 25.9 Å². The Kier molecular flexibility index (Phi) is 6.45. The van der Waals surface area contributed by atoms with Crippen LogP contribution in [0.2, 0.25) is 0 Å². The molecule has 176 valence electrons. The van der Waals surface area contributed by atoms with Gasteiger partial charge in [-0.2, -0.15) is 0 Å². The van der Waals surface area contributed by atoms with Gasteiger partial charge in [-0.25, -0.2) is 35.4 Å². The molecule has 3 aromatic rings. The van der Waals surface area contributed by atoms with Crippen LogP contribution in [0.3, 0.4) is 0 Å². The number of aromatic nitrogens is 1. The second-order valence-electron chi connectivity index (χ2n) is 7.86. The molecule has 1 aliphatic heterocycles. The summed E-state index contributed by atoms with van der Waals surface area (Å²) < 4.78 is 94.0. The third kappa shape index (κ3) is 4.35. The van der Waals surface area contributed by atoms with E-state index in [9.17, 15) is 30.4 Å². The molecular weight excluding hydrogens is 483 g/mol. The molecule has 0 N–H and O–H groups in total. The Hall–Kier alpha value is -2.53. The summed E-state index contributed by atoms with van der Waals surface area (Å²) in [4.78, 5) is 4.71. The van der Waals surface area contributed by atoms with Crippen LogP contribution in [0.4, 0.5) is 27.1 Å². The van der Waals surface area contributed by atoms with Gasteiger partial charge in [-0.15, -0.1) is 11.3 Å². The number of sulfone groups is 1. The van der Waals surface area contributed by atoms with Crippen LogP contribution in [0.1, 0.15) is 29.7 Å². The second-order valence-corrected chi connectivity index (χ2v) is 10.9. The lowest BCUT2D eigenvalue weighted by Crippen LogP contribution is -2.40. The fourth-order valence-corrected chi connectivity index (χ4v) is 6.61. The minimum atomic E-state index is -4.77. The topological polar surface area (TPSA) is 50.3 Å². The van der Waals surface area contributed by atoms with E-state index in [2.05, 4.69) is 4.98 Å². The Morgan fingerprint density at radius 3 is 2.15 bits per heavy atom. The van der Waals surface area contributed by atoms with Gasteiger partial charge in [0.25, 0.3) is 0 Å². The van der Waals surface area contributed by atoms with Crippen molar-refractivity contribution in [2.75, 3.05) is 18.0 Å². The fourth-order valence-electron chi connectivity index (χ4n) is 3.88. The van der Waals surface area contributed by atoms with E-state index in [1.165, 1.54) is 11.3 Å². The smallest absolute Gasteiger partial charge is 0.200 e. The van der Waals surface area contributed by atoms with E-state index in [0.29, 0.717) is 11.6 Å². The normalized spacial score (nSPS) is 15.3. The monoisotopic (exact) mass is 502 g/mol. The van der Waals surface area contributed by atoms with Gasteiger partial charge in [0.15, 0.2) is 38.2 Å². The molecular formula is C22H19F5N2O2S2. The molecule has 0 atom stereocenters. The van der Waals surface area contributed by atoms with Crippen molar-refractivity contribution in [2.45, 2.75) is 36.3 Å². The Labute approximate surface area is 191 Å². The molecule has 4 nitrogen and oxygen atoms in total. The molecule has 1 aromatic heterocycles. The van der Waals surface area contributed by atoms with Crippen LogP contribution in [0.25, 0.3) is 0 Å². The molecule has 0 spiro atoms. The first-order valence-corrected chi connectivity index (χ1v) is 12.5. The van der Waals surface area contributed by atoms with Crippen LogP contribution < -0.4 is 4.90 Å². The van der Waals surface area contributed by atoms with Crippen molar-refractivity contribution in [3.63, 3.8) is 0 Å². The zero-order valence-electron chi connectivity index (χ0n) is 17.4. The summed E-state index contributed by atoms with van der Waals surface area (Å²) in [6.45, 7) is 2.45. The summed E-state index contributed by atoms with van der Waals surface area (Å²) in [6.07, 6.45) is 0.581. The molecule has 2 aromatic carbocycles. The molecule has 1 fully saturated rings. The molecule has 1 aliphatic rings. The average Bonchev–Trinajstić information content (AvgIpc) is 3.26. The van der Waals surface area contributed by atoms with Crippen LogP contribution in [-0.4, -0.2) is 31.7 Å². The number of hydrogen-bond acceptors (Lipinski definition) is 5. The van der Waals surface area contributed by atoms with Crippen molar-refractivity contribution >= 4 is 26.3 Å². The van der Waals surface area contributed by atoms with Gasteiger partial charge in [0, 0.05) is 24.9 Å². The summed E-state index contributed by atoms with van der Waals surface area (Å²) in [5, 5.41) is 1.33. The van der Waals surface area contributed by atoms with Gasteiger partial charge in [0.2, 0.25) is 5.82 Å². The molecule has 0 radical (unpaired) electrons. The Balaban J connectivity index is 1.49. The zero-order chi connectivity index (χ0) is 23.9. The first kappa shape index (κ1) is 23.6. The van der Waals surface area contributed by atoms with E-state index in [1.807, 2.05) is 41.5 Å². The predicted molar refractivity (Wildman–Crippen MR) is 115 cm³/mol. The maximum Gasteiger partial charge on any atom is 0.200 e. The Bertz CT molecular complexity index is 1270. The molecule has 0 amide bonds. The third-order valence-electron chi connectivity index (χ3n) is 5.78. The van der Waals surface area contributed by atoms with Crippen LogP contribution >= 0.6 is 11.3 Å². The van der Waals surface area contributed by atoms with Gasteiger partial charge in [-0.05, 0) is 30.9 Å². The van der Waals surface area contributed by atoms with Crippen molar-refractivity contribution < 1.29 is 30.4 Å². The van der Waals surface area contributed by atoms with Crippen molar-refractivity contribution in [1.29, 1.82) is 0 Å². The van der Waals surface area contributed by atoms with Gasteiger partial charge in [0.05, 0.1) is 10.9 Å². The van der Waals surface area contributed by atoms with Gasteiger partial charge in [-0.1, -0.05) is 24.3 Å². The number of nitrogens with zero attached hydrogens (tertiary/aromatic N) is 2. The number of benzene rings is 2. The Morgan fingerprint density at radius 2 is 1.55 bits per heavy atom. The Morgan fingerprint density at radius 1 is 0.970 bits per heavy atom. The number of aryl methyl sites for hydroxylation is 1. The maximum absolute atomic E-state index is 14.1. The lowest BCUT2D eigenvalue weighted by atomic mass is 10.1. The van der Waals surface area contributed by atoms with Gasteiger partial charge >= 0.3 is 0 Å². The molecule has 0 bridgehead atoms. The molecule has 11 heteroatoms. The van der Waals surface area contributed by atoms with E-state index >= 15 is 0 Å². The average molecular weight is 503 g/mol. The van der Waals surface area contributed by atoms with Crippen LogP contribution in [0, 0.1) is 36.0 Å². The summed E-state index contributed by atoms with van der Waals surface area (Å²) in [5.41, 5.74) is 3.15.